The van der Waals surface area contributed by atoms with Gasteiger partial charge in [0.25, 0.3) is 5.91 Å². The predicted octanol–water partition coefficient (Wildman–Crippen LogP) is 4.03. The first-order valence-corrected chi connectivity index (χ1v) is 12.6. The summed E-state index contributed by atoms with van der Waals surface area (Å²) in [7, 11) is 0. The van der Waals surface area contributed by atoms with Gasteiger partial charge in [-0.15, -0.1) is 0 Å². The maximum atomic E-state index is 13.7. The van der Waals surface area contributed by atoms with Gasteiger partial charge in [-0.2, -0.15) is 13.9 Å². The van der Waals surface area contributed by atoms with Crippen molar-refractivity contribution in [2.24, 2.45) is 5.73 Å². The molecule has 0 saturated carbocycles. The monoisotopic (exact) mass is 509 g/mol. The summed E-state index contributed by atoms with van der Waals surface area (Å²) < 4.78 is 32.1. The van der Waals surface area contributed by atoms with Crippen LogP contribution in [0.5, 0.6) is 5.75 Å². The predicted molar refractivity (Wildman–Crippen MR) is 135 cm³/mol. The fourth-order valence-corrected chi connectivity index (χ4v) is 5.56. The Labute approximate surface area is 212 Å². The second-order valence-electron chi connectivity index (χ2n) is 9.90. The van der Waals surface area contributed by atoms with Crippen LogP contribution in [0.15, 0.2) is 36.5 Å². The number of carbonyl (C=O) groups excluding carboxylic acids is 1. The molecule has 4 aromatic rings. The summed E-state index contributed by atoms with van der Waals surface area (Å²) in [6, 6.07) is 8.30. The first-order valence-electron chi connectivity index (χ1n) is 12.6. The van der Waals surface area contributed by atoms with Gasteiger partial charge in [0.2, 0.25) is 0 Å². The number of nitrogens with one attached hydrogen (secondary N) is 1. The van der Waals surface area contributed by atoms with Crippen LogP contribution in [0.25, 0.3) is 16.6 Å². The second kappa shape index (κ2) is 9.29. The minimum atomic E-state index is -2.94. The number of aromatic nitrogens is 4. The van der Waals surface area contributed by atoms with Crippen LogP contribution in [0.2, 0.25) is 0 Å². The van der Waals surface area contributed by atoms with Gasteiger partial charge in [0, 0.05) is 54.4 Å². The number of rotatable bonds is 5. The number of likely N-dealkylation sites (tertiary alicyclic amines) is 1. The zero-order chi connectivity index (χ0) is 25.7. The summed E-state index contributed by atoms with van der Waals surface area (Å²) in [5.41, 5.74) is 9.54. The molecule has 0 bridgehead atoms. The molecule has 1 aromatic carbocycles. The molecule has 2 saturated heterocycles. The van der Waals surface area contributed by atoms with Crippen LogP contribution in [0.4, 0.5) is 14.6 Å². The van der Waals surface area contributed by atoms with Gasteiger partial charge in [0.15, 0.2) is 5.65 Å². The van der Waals surface area contributed by atoms with Crippen molar-refractivity contribution in [3.8, 4) is 5.75 Å². The first kappa shape index (κ1) is 23.7. The second-order valence-corrected chi connectivity index (χ2v) is 9.90. The number of H-pyrrole nitrogens is 1. The van der Waals surface area contributed by atoms with Crippen molar-refractivity contribution in [2.45, 2.75) is 51.3 Å². The van der Waals surface area contributed by atoms with Crippen LogP contribution in [0.1, 0.15) is 53.5 Å². The van der Waals surface area contributed by atoms with Crippen molar-refractivity contribution >= 4 is 28.3 Å². The summed E-state index contributed by atoms with van der Waals surface area (Å²) in [5.74, 6) is 0.759. The van der Waals surface area contributed by atoms with Gasteiger partial charge < -0.3 is 25.3 Å². The summed E-state index contributed by atoms with van der Waals surface area (Å²) in [4.78, 5) is 25.6. The molecule has 3 aromatic heterocycles. The Morgan fingerprint density at radius 1 is 1.22 bits per heavy atom. The van der Waals surface area contributed by atoms with E-state index in [9.17, 15) is 13.6 Å². The molecular weight excluding hydrogens is 480 g/mol. The van der Waals surface area contributed by atoms with Crippen molar-refractivity contribution in [3.05, 3.63) is 53.5 Å². The van der Waals surface area contributed by atoms with E-state index in [1.807, 2.05) is 24.1 Å². The third-order valence-electron chi connectivity index (χ3n) is 7.32. The van der Waals surface area contributed by atoms with Crippen molar-refractivity contribution < 1.29 is 18.3 Å². The van der Waals surface area contributed by atoms with Gasteiger partial charge in [-0.05, 0) is 50.8 Å². The highest BCUT2D eigenvalue weighted by molar-refractivity contribution is 6.00. The smallest absolute Gasteiger partial charge is 0.387 e. The van der Waals surface area contributed by atoms with Crippen LogP contribution in [0, 0.1) is 6.92 Å². The number of aryl methyl sites for hydroxylation is 1. The lowest BCUT2D eigenvalue weighted by Gasteiger charge is -2.34. The number of ether oxygens (including phenoxy) is 1. The number of alkyl halides is 2. The number of anilines is 1. The quantitative estimate of drug-likeness (QED) is 0.421. The van der Waals surface area contributed by atoms with E-state index >= 15 is 0 Å². The number of halogens is 2. The molecule has 0 aliphatic carbocycles. The van der Waals surface area contributed by atoms with E-state index in [1.165, 1.54) is 6.07 Å². The van der Waals surface area contributed by atoms with Gasteiger partial charge >= 0.3 is 6.61 Å². The highest BCUT2D eigenvalue weighted by atomic mass is 19.3. The number of hydrogen-bond acceptors (Lipinski definition) is 6. The summed E-state index contributed by atoms with van der Waals surface area (Å²) in [5, 5.41) is 5.24. The van der Waals surface area contributed by atoms with Crippen LogP contribution in [-0.2, 0) is 0 Å². The average Bonchev–Trinajstić information content (AvgIpc) is 3.61. The van der Waals surface area contributed by atoms with E-state index in [-0.39, 0.29) is 23.7 Å². The fraction of sp³-hybridized carbons (Fsp3) is 0.423. The minimum Gasteiger partial charge on any atom is -0.434 e. The number of fused-ring (bicyclic) bond motifs is 2. The maximum Gasteiger partial charge on any atom is 0.387 e. The Morgan fingerprint density at radius 2 is 2.08 bits per heavy atom. The average molecular weight is 510 g/mol. The Kier molecular flexibility index (Phi) is 5.94. The Bertz CT molecular complexity index is 1470. The van der Waals surface area contributed by atoms with E-state index in [2.05, 4.69) is 14.6 Å². The Hall–Kier alpha value is -3.73. The van der Waals surface area contributed by atoms with Crippen LogP contribution < -0.4 is 15.4 Å². The van der Waals surface area contributed by atoms with Gasteiger partial charge in [-0.3, -0.25) is 4.79 Å². The maximum absolute atomic E-state index is 13.7. The lowest BCUT2D eigenvalue weighted by Crippen LogP contribution is -2.38. The number of piperidine rings is 1. The number of aromatic amines is 1. The lowest BCUT2D eigenvalue weighted by molar-refractivity contribution is -0.0487. The third-order valence-corrected chi connectivity index (χ3v) is 7.32. The van der Waals surface area contributed by atoms with Gasteiger partial charge in [0.05, 0.1) is 11.7 Å². The van der Waals surface area contributed by atoms with Gasteiger partial charge in [-0.25, -0.2) is 9.50 Å². The van der Waals surface area contributed by atoms with Crippen molar-refractivity contribution in [1.82, 2.24) is 24.5 Å². The normalized spacial score (nSPS) is 20.5. The highest BCUT2D eigenvalue weighted by Crippen LogP contribution is 2.34. The molecule has 9 nitrogen and oxygen atoms in total. The zero-order valence-electron chi connectivity index (χ0n) is 20.5. The number of benzene rings is 1. The molecule has 2 aliphatic rings. The fourth-order valence-electron chi connectivity index (χ4n) is 5.56. The van der Waals surface area contributed by atoms with Crippen molar-refractivity contribution in [2.75, 3.05) is 24.5 Å². The topological polar surface area (TPSA) is 105 Å². The van der Waals surface area contributed by atoms with Gasteiger partial charge in [0.1, 0.15) is 17.3 Å². The molecular formula is C26H29F2N7O2. The summed E-state index contributed by atoms with van der Waals surface area (Å²) in [6.45, 7) is 1.32. The highest BCUT2D eigenvalue weighted by Gasteiger charge is 2.32. The third kappa shape index (κ3) is 4.37. The molecule has 2 atom stereocenters. The molecule has 11 heteroatoms. The summed E-state index contributed by atoms with van der Waals surface area (Å²) >= 11 is 0. The van der Waals surface area contributed by atoms with E-state index in [0.717, 1.165) is 61.5 Å². The molecule has 0 unspecified atom stereocenters. The molecule has 5 heterocycles. The molecule has 37 heavy (non-hydrogen) atoms. The van der Waals surface area contributed by atoms with E-state index < -0.39 is 6.61 Å². The number of hydrogen-bond donors (Lipinski definition) is 2. The van der Waals surface area contributed by atoms with Gasteiger partial charge in [-0.1, -0.05) is 6.07 Å². The number of amides is 1. The van der Waals surface area contributed by atoms with Crippen LogP contribution in [0.3, 0.4) is 0 Å². The largest absolute Gasteiger partial charge is 0.434 e. The van der Waals surface area contributed by atoms with Crippen LogP contribution in [-0.4, -0.2) is 62.7 Å². The lowest BCUT2D eigenvalue weighted by atomic mass is 9.99. The standard InChI is InChI=1S/C26H29F2N7O2/c1-15-13-35-23(31-24(15)33-10-8-16(29)14-33)12-19(32-35)21-6-2-3-9-34(21)25(36)20-11-17-18(30-20)5-4-7-22(17)37-26(27)28/h4-5,7,11-13,16,21,26,30H,2-3,6,8-10,14,29H2,1H3/t16-,21-/m0/s1. The van der Waals surface area contributed by atoms with Crippen LogP contribution >= 0.6 is 0 Å². The first-order chi connectivity index (χ1) is 17.9. The molecule has 6 rings (SSSR count). The van der Waals surface area contributed by atoms with Crippen molar-refractivity contribution in [1.29, 1.82) is 0 Å². The molecule has 1 amide bonds. The van der Waals surface area contributed by atoms with Crippen molar-refractivity contribution in [3.63, 3.8) is 0 Å². The number of nitrogens with two attached hydrogens (primary N) is 1. The molecule has 2 aliphatic heterocycles. The number of nitrogens with zero attached hydrogens (tertiary/aromatic N) is 5. The Morgan fingerprint density at radius 3 is 2.86 bits per heavy atom. The molecule has 0 spiro atoms. The SMILES string of the molecule is Cc1cn2nc([C@@H]3CCCCN3C(=O)c3cc4c(OC(F)F)cccc4[nH]3)cc2nc1N1CC[C@H](N)C1. The zero-order valence-corrected chi connectivity index (χ0v) is 20.5. The molecule has 3 N–H and O–H groups in total. The Balaban J connectivity index is 1.31. The number of carbonyl (C=O) groups is 1. The van der Waals surface area contributed by atoms with E-state index in [0.29, 0.717) is 23.1 Å². The van der Waals surface area contributed by atoms with E-state index in [4.69, 9.17) is 15.8 Å². The molecule has 194 valence electrons. The summed E-state index contributed by atoms with van der Waals surface area (Å²) in [6.07, 6.45) is 5.56. The minimum absolute atomic E-state index is 0.0366. The van der Waals surface area contributed by atoms with E-state index in [1.54, 1.807) is 22.7 Å². The molecule has 2 fully saturated rings. The molecule has 0 radical (unpaired) electrons.